The Morgan fingerprint density at radius 2 is 2.38 bits per heavy atom. The lowest BCUT2D eigenvalue weighted by molar-refractivity contribution is 0.512. The van der Waals surface area contributed by atoms with Gasteiger partial charge < -0.3 is 14.3 Å². The van der Waals surface area contributed by atoms with Crippen LogP contribution < -0.4 is 5.32 Å². The van der Waals surface area contributed by atoms with Gasteiger partial charge in [-0.15, -0.1) is 0 Å². The van der Waals surface area contributed by atoms with Gasteiger partial charge >= 0.3 is 0 Å². The van der Waals surface area contributed by atoms with Crippen LogP contribution in [0.3, 0.4) is 0 Å². The van der Waals surface area contributed by atoms with Gasteiger partial charge in [-0.25, -0.2) is 4.98 Å². The van der Waals surface area contributed by atoms with Crippen molar-refractivity contribution in [3.05, 3.63) is 41.9 Å². The highest BCUT2D eigenvalue weighted by atomic mass is 16.3. The first kappa shape index (κ1) is 11.0. The van der Waals surface area contributed by atoms with Gasteiger partial charge in [-0.1, -0.05) is 6.92 Å². The number of aromatic nitrogens is 2. The van der Waals surface area contributed by atoms with Gasteiger partial charge in [0.15, 0.2) is 0 Å². The number of hydrogen-bond donors (Lipinski definition) is 1. The maximum atomic E-state index is 5.35. The fourth-order valence-electron chi connectivity index (χ4n) is 1.89. The van der Waals surface area contributed by atoms with Crippen molar-refractivity contribution in [2.45, 2.75) is 19.9 Å². The van der Waals surface area contributed by atoms with E-state index in [-0.39, 0.29) is 6.04 Å². The van der Waals surface area contributed by atoms with E-state index in [1.54, 1.807) is 6.26 Å². The highest BCUT2D eigenvalue weighted by Gasteiger charge is 2.20. The third-order valence-corrected chi connectivity index (χ3v) is 2.73. The molecule has 0 saturated heterocycles. The predicted octanol–water partition coefficient (Wildman–Crippen LogP) is 2.02. The summed E-state index contributed by atoms with van der Waals surface area (Å²) in [7, 11) is 2.00. The maximum absolute atomic E-state index is 5.35. The molecule has 0 aliphatic heterocycles. The largest absolute Gasteiger partial charge is 0.469 e. The topological polar surface area (TPSA) is 43.0 Å². The zero-order valence-corrected chi connectivity index (χ0v) is 9.90. The first-order chi connectivity index (χ1) is 7.74. The van der Waals surface area contributed by atoms with Crippen molar-refractivity contribution in [3.8, 4) is 0 Å². The highest BCUT2D eigenvalue weighted by molar-refractivity contribution is 5.26. The summed E-state index contributed by atoms with van der Waals surface area (Å²) in [5, 5.41) is 3.43. The molecule has 0 aromatic carbocycles. The minimum Gasteiger partial charge on any atom is -0.469 e. The van der Waals surface area contributed by atoms with Gasteiger partial charge in [0.05, 0.1) is 12.3 Å². The number of hydrogen-bond acceptors (Lipinski definition) is 3. The number of nitrogens with zero attached hydrogens (tertiary/aromatic N) is 2. The molecule has 16 heavy (non-hydrogen) atoms. The van der Waals surface area contributed by atoms with Crippen molar-refractivity contribution in [2.75, 3.05) is 6.54 Å². The molecule has 0 saturated carbocycles. The zero-order chi connectivity index (χ0) is 11.5. The van der Waals surface area contributed by atoms with Gasteiger partial charge in [-0.3, -0.25) is 0 Å². The van der Waals surface area contributed by atoms with Gasteiger partial charge in [0, 0.05) is 25.0 Å². The minimum absolute atomic E-state index is 0.101. The SMILES string of the molecule is CCNC(c1ccoc1C)c1nccn1C. The molecule has 0 bridgehead atoms. The summed E-state index contributed by atoms with van der Waals surface area (Å²) in [6.45, 7) is 4.95. The summed E-state index contributed by atoms with van der Waals surface area (Å²) in [6, 6.07) is 2.10. The Bertz CT molecular complexity index is 418. The van der Waals surface area contributed by atoms with Crippen LogP contribution in [0.15, 0.2) is 29.1 Å². The molecule has 2 aromatic rings. The second-order valence-corrected chi connectivity index (χ2v) is 3.82. The van der Waals surface area contributed by atoms with Gasteiger partial charge in [-0.2, -0.15) is 0 Å². The molecular formula is C12H17N3O. The van der Waals surface area contributed by atoms with Crippen LogP contribution in [-0.4, -0.2) is 16.1 Å². The molecule has 86 valence electrons. The van der Waals surface area contributed by atoms with Crippen LogP contribution in [0.1, 0.15) is 30.1 Å². The Morgan fingerprint density at radius 3 is 2.88 bits per heavy atom. The maximum Gasteiger partial charge on any atom is 0.130 e. The van der Waals surface area contributed by atoms with E-state index < -0.39 is 0 Å². The van der Waals surface area contributed by atoms with Crippen LogP contribution >= 0.6 is 0 Å². The number of imidazole rings is 1. The molecule has 1 atom stereocenters. The lowest BCUT2D eigenvalue weighted by Crippen LogP contribution is -2.24. The normalized spacial score (nSPS) is 12.9. The van der Waals surface area contributed by atoms with Crippen LogP contribution in [0.2, 0.25) is 0 Å². The Kier molecular flexibility index (Phi) is 3.10. The van der Waals surface area contributed by atoms with E-state index in [9.17, 15) is 0 Å². The first-order valence-electron chi connectivity index (χ1n) is 5.48. The summed E-state index contributed by atoms with van der Waals surface area (Å²) < 4.78 is 7.38. The Balaban J connectivity index is 2.39. The monoisotopic (exact) mass is 219 g/mol. The van der Waals surface area contributed by atoms with Crippen LogP contribution in [-0.2, 0) is 7.05 Å². The van der Waals surface area contributed by atoms with Crippen molar-refractivity contribution in [3.63, 3.8) is 0 Å². The predicted molar refractivity (Wildman–Crippen MR) is 62.2 cm³/mol. The van der Waals surface area contributed by atoms with Crippen molar-refractivity contribution in [2.24, 2.45) is 7.05 Å². The fourth-order valence-corrected chi connectivity index (χ4v) is 1.89. The molecule has 2 aromatic heterocycles. The van der Waals surface area contributed by atoms with Crippen LogP contribution in [0, 0.1) is 6.92 Å². The summed E-state index contributed by atoms with van der Waals surface area (Å²) in [5.41, 5.74) is 1.15. The third-order valence-electron chi connectivity index (χ3n) is 2.73. The third kappa shape index (κ3) is 1.88. The second kappa shape index (κ2) is 4.53. The van der Waals surface area contributed by atoms with E-state index in [0.717, 1.165) is 23.7 Å². The van der Waals surface area contributed by atoms with Crippen molar-refractivity contribution in [1.82, 2.24) is 14.9 Å². The number of nitrogens with one attached hydrogen (secondary N) is 1. The average molecular weight is 219 g/mol. The molecule has 1 unspecified atom stereocenters. The lowest BCUT2D eigenvalue weighted by atomic mass is 10.1. The standard InChI is InChI=1S/C12H17N3O/c1-4-13-11(10-5-8-16-9(10)2)12-14-6-7-15(12)3/h5-8,11,13H,4H2,1-3H3. The Labute approximate surface area is 95.3 Å². The number of rotatable bonds is 4. The van der Waals surface area contributed by atoms with E-state index in [1.165, 1.54) is 0 Å². The molecular weight excluding hydrogens is 202 g/mol. The van der Waals surface area contributed by atoms with E-state index in [1.807, 2.05) is 37.0 Å². The highest BCUT2D eigenvalue weighted by Crippen LogP contribution is 2.23. The quantitative estimate of drug-likeness (QED) is 0.855. The first-order valence-corrected chi connectivity index (χ1v) is 5.48. The fraction of sp³-hybridized carbons (Fsp3) is 0.417. The molecule has 0 radical (unpaired) electrons. The van der Waals surface area contributed by atoms with Gasteiger partial charge in [0.1, 0.15) is 11.6 Å². The summed E-state index contributed by atoms with van der Waals surface area (Å²) in [4.78, 5) is 4.39. The minimum atomic E-state index is 0.101. The Morgan fingerprint density at radius 1 is 1.56 bits per heavy atom. The van der Waals surface area contributed by atoms with Crippen LogP contribution in [0.25, 0.3) is 0 Å². The number of aryl methyl sites for hydroxylation is 2. The van der Waals surface area contributed by atoms with Gasteiger partial charge in [0.2, 0.25) is 0 Å². The van der Waals surface area contributed by atoms with E-state index >= 15 is 0 Å². The van der Waals surface area contributed by atoms with Gasteiger partial charge in [0.25, 0.3) is 0 Å². The lowest BCUT2D eigenvalue weighted by Gasteiger charge is -2.17. The zero-order valence-electron chi connectivity index (χ0n) is 9.90. The summed E-state index contributed by atoms with van der Waals surface area (Å²) in [6.07, 6.45) is 5.49. The molecule has 0 amide bonds. The van der Waals surface area contributed by atoms with E-state index in [4.69, 9.17) is 4.42 Å². The van der Waals surface area contributed by atoms with Crippen molar-refractivity contribution < 1.29 is 4.42 Å². The van der Waals surface area contributed by atoms with Gasteiger partial charge in [-0.05, 0) is 19.5 Å². The summed E-state index contributed by atoms with van der Waals surface area (Å²) >= 11 is 0. The van der Waals surface area contributed by atoms with E-state index in [0.29, 0.717) is 0 Å². The molecule has 1 N–H and O–H groups in total. The molecule has 0 aliphatic carbocycles. The molecule has 2 heterocycles. The average Bonchev–Trinajstić information content (AvgIpc) is 2.84. The Hall–Kier alpha value is -1.55. The number of furan rings is 1. The van der Waals surface area contributed by atoms with Crippen molar-refractivity contribution in [1.29, 1.82) is 0 Å². The molecule has 0 aliphatic rings. The molecule has 4 nitrogen and oxygen atoms in total. The van der Waals surface area contributed by atoms with Crippen LogP contribution in [0.4, 0.5) is 0 Å². The molecule has 0 spiro atoms. The van der Waals surface area contributed by atoms with E-state index in [2.05, 4.69) is 17.2 Å². The summed E-state index contributed by atoms with van der Waals surface area (Å²) in [5.74, 6) is 1.94. The molecule has 2 rings (SSSR count). The molecule has 0 fully saturated rings. The molecule has 4 heteroatoms. The smallest absolute Gasteiger partial charge is 0.130 e. The van der Waals surface area contributed by atoms with Crippen LogP contribution in [0.5, 0.6) is 0 Å². The second-order valence-electron chi connectivity index (χ2n) is 3.82. The van der Waals surface area contributed by atoms with Crippen molar-refractivity contribution >= 4 is 0 Å².